The summed E-state index contributed by atoms with van der Waals surface area (Å²) in [5.74, 6) is -0.882. The van der Waals surface area contributed by atoms with E-state index in [1.807, 2.05) is 6.92 Å². The molecule has 0 rings (SSSR count). The number of carboxylic acids is 1. The summed E-state index contributed by atoms with van der Waals surface area (Å²) in [7, 11) is 1.71. The molecule has 0 aromatic rings. The lowest BCUT2D eigenvalue weighted by Crippen LogP contribution is -2.53. The fourth-order valence-electron chi connectivity index (χ4n) is 0.984. The van der Waals surface area contributed by atoms with Crippen molar-refractivity contribution in [3.63, 3.8) is 0 Å². The second kappa shape index (κ2) is 4.28. The highest BCUT2D eigenvalue weighted by molar-refractivity contribution is 5.77. The van der Waals surface area contributed by atoms with Crippen molar-refractivity contribution in [3.8, 4) is 0 Å². The summed E-state index contributed by atoms with van der Waals surface area (Å²) in [6.45, 7) is 7.19. The SMILES string of the molecule is CCC(C)(O)CN(C)C(C)(C)C(=O)O. The Kier molecular flexibility index (Phi) is 4.09. The minimum absolute atomic E-state index is 0.350. The Hall–Kier alpha value is -0.610. The molecule has 4 heteroatoms. The smallest absolute Gasteiger partial charge is 0.323 e. The van der Waals surface area contributed by atoms with E-state index in [4.69, 9.17) is 5.11 Å². The second-order valence-electron chi connectivity index (χ2n) is 4.57. The van der Waals surface area contributed by atoms with Crippen molar-refractivity contribution in [1.29, 1.82) is 0 Å². The van der Waals surface area contributed by atoms with E-state index < -0.39 is 17.1 Å². The average molecular weight is 203 g/mol. The molecule has 0 spiro atoms. The molecule has 0 saturated carbocycles. The maximum atomic E-state index is 10.9. The maximum absolute atomic E-state index is 10.9. The van der Waals surface area contributed by atoms with E-state index in [-0.39, 0.29) is 0 Å². The lowest BCUT2D eigenvalue weighted by Gasteiger charge is -2.36. The largest absolute Gasteiger partial charge is 0.480 e. The van der Waals surface area contributed by atoms with Gasteiger partial charge in [-0.25, -0.2) is 0 Å². The number of rotatable bonds is 5. The topological polar surface area (TPSA) is 60.8 Å². The fourth-order valence-corrected chi connectivity index (χ4v) is 0.984. The number of nitrogens with zero attached hydrogens (tertiary/aromatic N) is 1. The van der Waals surface area contributed by atoms with Crippen LogP contribution in [-0.4, -0.2) is 45.8 Å². The van der Waals surface area contributed by atoms with Gasteiger partial charge in [-0.1, -0.05) is 6.92 Å². The molecule has 4 nitrogen and oxygen atoms in total. The number of likely N-dealkylation sites (N-methyl/N-ethyl adjacent to an activating group) is 1. The van der Waals surface area contributed by atoms with Crippen LogP contribution in [0.4, 0.5) is 0 Å². The van der Waals surface area contributed by atoms with Crippen LogP contribution in [0, 0.1) is 0 Å². The normalized spacial score (nSPS) is 16.8. The number of carboxylic acid groups (broad SMARTS) is 1. The molecular weight excluding hydrogens is 182 g/mol. The lowest BCUT2D eigenvalue weighted by atomic mass is 9.98. The molecule has 1 unspecified atom stereocenters. The highest BCUT2D eigenvalue weighted by atomic mass is 16.4. The van der Waals surface area contributed by atoms with Crippen LogP contribution >= 0.6 is 0 Å². The molecule has 0 heterocycles. The van der Waals surface area contributed by atoms with E-state index in [0.717, 1.165) is 0 Å². The Morgan fingerprint density at radius 3 is 2.07 bits per heavy atom. The Labute approximate surface area is 85.5 Å². The van der Waals surface area contributed by atoms with Crippen LogP contribution in [0.3, 0.4) is 0 Å². The minimum atomic E-state index is -0.945. The molecule has 14 heavy (non-hydrogen) atoms. The molecule has 0 saturated heterocycles. The zero-order chi connectivity index (χ0) is 11.6. The van der Waals surface area contributed by atoms with E-state index in [1.54, 1.807) is 32.7 Å². The van der Waals surface area contributed by atoms with Crippen LogP contribution < -0.4 is 0 Å². The molecule has 0 bridgehead atoms. The Bertz CT molecular complexity index is 211. The van der Waals surface area contributed by atoms with Crippen molar-refractivity contribution in [2.24, 2.45) is 0 Å². The monoisotopic (exact) mass is 203 g/mol. The Morgan fingerprint density at radius 2 is 1.79 bits per heavy atom. The summed E-state index contributed by atoms with van der Waals surface area (Å²) in [4.78, 5) is 12.6. The van der Waals surface area contributed by atoms with Crippen LogP contribution in [0.25, 0.3) is 0 Å². The van der Waals surface area contributed by atoms with Crippen LogP contribution in [0.15, 0.2) is 0 Å². The molecule has 0 radical (unpaired) electrons. The molecule has 1 atom stereocenters. The average Bonchev–Trinajstić information content (AvgIpc) is 2.03. The van der Waals surface area contributed by atoms with Gasteiger partial charge in [0.1, 0.15) is 5.54 Å². The van der Waals surface area contributed by atoms with Crippen molar-refractivity contribution in [2.45, 2.75) is 45.3 Å². The number of aliphatic carboxylic acids is 1. The van der Waals surface area contributed by atoms with E-state index in [9.17, 15) is 9.90 Å². The van der Waals surface area contributed by atoms with Crippen molar-refractivity contribution >= 4 is 5.97 Å². The number of hydrogen-bond acceptors (Lipinski definition) is 3. The van der Waals surface area contributed by atoms with Gasteiger partial charge in [-0.05, 0) is 34.2 Å². The van der Waals surface area contributed by atoms with Gasteiger partial charge in [0.05, 0.1) is 5.60 Å². The van der Waals surface area contributed by atoms with Crippen LogP contribution in [-0.2, 0) is 4.79 Å². The zero-order valence-electron chi connectivity index (χ0n) is 9.66. The predicted octanol–water partition coefficient (Wildman–Crippen LogP) is 0.942. The summed E-state index contributed by atoms with van der Waals surface area (Å²) in [6.07, 6.45) is 0.604. The predicted molar refractivity (Wildman–Crippen MR) is 55.3 cm³/mol. The lowest BCUT2D eigenvalue weighted by molar-refractivity contribution is -0.150. The van der Waals surface area contributed by atoms with Gasteiger partial charge in [-0.15, -0.1) is 0 Å². The summed E-state index contributed by atoms with van der Waals surface area (Å²) in [5.41, 5.74) is -1.78. The summed E-state index contributed by atoms with van der Waals surface area (Å²) in [6, 6.07) is 0. The van der Waals surface area contributed by atoms with Crippen molar-refractivity contribution in [1.82, 2.24) is 4.90 Å². The van der Waals surface area contributed by atoms with Crippen molar-refractivity contribution in [2.75, 3.05) is 13.6 Å². The molecule has 0 aliphatic rings. The number of hydrogen-bond donors (Lipinski definition) is 2. The van der Waals surface area contributed by atoms with Crippen LogP contribution in [0.5, 0.6) is 0 Å². The highest BCUT2D eigenvalue weighted by Crippen LogP contribution is 2.18. The Balaban J connectivity index is 4.49. The fraction of sp³-hybridized carbons (Fsp3) is 0.900. The quantitative estimate of drug-likeness (QED) is 0.698. The number of carbonyl (C=O) groups is 1. The molecule has 0 aliphatic heterocycles. The molecule has 84 valence electrons. The van der Waals surface area contributed by atoms with Gasteiger partial charge in [0, 0.05) is 6.54 Å². The van der Waals surface area contributed by atoms with Gasteiger partial charge >= 0.3 is 5.97 Å². The first-order valence-electron chi connectivity index (χ1n) is 4.80. The first kappa shape index (κ1) is 13.4. The Morgan fingerprint density at radius 1 is 1.36 bits per heavy atom. The van der Waals surface area contributed by atoms with E-state index >= 15 is 0 Å². The highest BCUT2D eigenvalue weighted by Gasteiger charge is 2.35. The first-order chi connectivity index (χ1) is 6.13. The van der Waals surface area contributed by atoms with E-state index in [0.29, 0.717) is 13.0 Å². The summed E-state index contributed by atoms with van der Waals surface area (Å²) in [5, 5.41) is 18.8. The van der Waals surface area contributed by atoms with Crippen molar-refractivity contribution < 1.29 is 15.0 Å². The minimum Gasteiger partial charge on any atom is -0.480 e. The third-order valence-corrected chi connectivity index (χ3v) is 2.82. The summed E-state index contributed by atoms with van der Waals surface area (Å²) < 4.78 is 0. The second-order valence-corrected chi connectivity index (χ2v) is 4.57. The third kappa shape index (κ3) is 3.27. The van der Waals surface area contributed by atoms with Gasteiger partial charge in [0.2, 0.25) is 0 Å². The van der Waals surface area contributed by atoms with E-state index in [1.165, 1.54) is 0 Å². The molecular formula is C10H21NO3. The molecule has 0 aliphatic carbocycles. The van der Waals surface area contributed by atoms with Crippen molar-refractivity contribution in [3.05, 3.63) is 0 Å². The first-order valence-corrected chi connectivity index (χ1v) is 4.80. The molecule has 0 amide bonds. The van der Waals surface area contributed by atoms with Crippen LogP contribution in [0.2, 0.25) is 0 Å². The number of β-amino-alcohol motifs (C(OH)–C–C–N with tert-alkyl or cyclic N) is 1. The maximum Gasteiger partial charge on any atom is 0.323 e. The van der Waals surface area contributed by atoms with Gasteiger partial charge in [0.15, 0.2) is 0 Å². The molecule has 2 N–H and O–H groups in total. The van der Waals surface area contributed by atoms with Gasteiger partial charge in [-0.3, -0.25) is 9.69 Å². The van der Waals surface area contributed by atoms with Crippen LogP contribution in [0.1, 0.15) is 34.1 Å². The third-order valence-electron chi connectivity index (χ3n) is 2.82. The standard InChI is InChI=1S/C10H21NO3/c1-6-10(4,14)7-11(5)9(2,3)8(12)13/h14H,6-7H2,1-5H3,(H,12,13). The number of aliphatic hydroxyl groups is 1. The zero-order valence-corrected chi connectivity index (χ0v) is 9.66. The molecule has 0 fully saturated rings. The van der Waals surface area contributed by atoms with Gasteiger partial charge in [-0.2, -0.15) is 0 Å². The summed E-state index contributed by atoms with van der Waals surface area (Å²) >= 11 is 0. The molecule has 0 aromatic carbocycles. The van der Waals surface area contributed by atoms with Gasteiger partial charge < -0.3 is 10.2 Å². The van der Waals surface area contributed by atoms with Gasteiger partial charge in [0.25, 0.3) is 0 Å². The van der Waals surface area contributed by atoms with E-state index in [2.05, 4.69) is 0 Å². The molecule has 0 aromatic heterocycles.